The van der Waals surface area contributed by atoms with Gasteiger partial charge in [0.2, 0.25) is 0 Å². The van der Waals surface area contributed by atoms with E-state index in [9.17, 15) is 4.79 Å². The van der Waals surface area contributed by atoms with Crippen molar-refractivity contribution in [2.45, 2.75) is 64.1 Å². The summed E-state index contributed by atoms with van der Waals surface area (Å²) in [5.74, 6) is 1.53. The number of carbonyl (C=O) groups excluding carboxylic acids is 1. The molecule has 8 nitrogen and oxygen atoms in total. The Morgan fingerprint density at radius 3 is 2.82 bits per heavy atom. The third-order valence-corrected chi connectivity index (χ3v) is 7.05. The fourth-order valence-corrected chi connectivity index (χ4v) is 5.44. The van der Waals surface area contributed by atoms with E-state index in [4.69, 9.17) is 16.0 Å². The van der Waals surface area contributed by atoms with Crippen LogP contribution in [0.3, 0.4) is 0 Å². The Morgan fingerprint density at radius 1 is 1.33 bits per heavy atom. The fourth-order valence-electron chi connectivity index (χ4n) is 5.18. The van der Waals surface area contributed by atoms with Crippen molar-refractivity contribution in [2.24, 2.45) is 0 Å². The van der Waals surface area contributed by atoms with E-state index in [2.05, 4.69) is 41.3 Å². The molecule has 2 aliphatic rings. The van der Waals surface area contributed by atoms with Crippen LogP contribution in [0.4, 0.5) is 5.69 Å². The molecule has 1 aliphatic carbocycles. The normalized spacial score (nSPS) is 17.2. The van der Waals surface area contributed by atoms with Gasteiger partial charge in [-0.05, 0) is 38.8 Å². The van der Waals surface area contributed by atoms with Crippen LogP contribution in [0, 0.1) is 0 Å². The van der Waals surface area contributed by atoms with Gasteiger partial charge in [0, 0.05) is 24.0 Å². The average Bonchev–Trinajstić information content (AvgIpc) is 3.40. The van der Waals surface area contributed by atoms with Crippen molar-refractivity contribution in [2.75, 3.05) is 12.4 Å². The van der Waals surface area contributed by atoms with Crippen molar-refractivity contribution < 1.29 is 9.21 Å². The number of hydrogen-bond acceptors (Lipinski definition) is 6. The quantitative estimate of drug-likeness (QED) is 0.548. The average molecular weight is 469 g/mol. The molecule has 0 radical (unpaired) electrons. The second-order valence-corrected chi connectivity index (χ2v) is 9.83. The molecule has 1 amide bonds. The van der Waals surface area contributed by atoms with E-state index in [-0.39, 0.29) is 23.2 Å². The lowest BCUT2D eigenvalue weighted by Gasteiger charge is -2.44. The number of furan rings is 1. The number of carbonyl (C=O) groups is 1. The zero-order valence-corrected chi connectivity index (χ0v) is 20.0. The molecule has 1 fully saturated rings. The van der Waals surface area contributed by atoms with Crippen molar-refractivity contribution in [1.82, 2.24) is 25.0 Å². The number of aromatic nitrogens is 3. The predicted octanol–water partition coefficient (Wildman–Crippen LogP) is 5.18. The summed E-state index contributed by atoms with van der Waals surface area (Å²) in [4.78, 5) is 14.9. The summed E-state index contributed by atoms with van der Waals surface area (Å²) >= 11 is 6.70. The Hall–Kier alpha value is -3.00. The molecule has 2 aromatic heterocycles. The zero-order chi connectivity index (χ0) is 23.3. The molecule has 33 heavy (non-hydrogen) atoms. The topological polar surface area (TPSA) is 88.2 Å². The molecule has 0 atom stereocenters. The number of anilines is 1. The van der Waals surface area contributed by atoms with Gasteiger partial charge in [-0.15, -0.1) is 10.2 Å². The van der Waals surface area contributed by atoms with Crippen LogP contribution in [0.15, 0.2) is 35.3 Å². The van der Waals surface area contributed by atoms with Crippen LogP contribution in [0.25, 0.3) is 11.0 Å². The first-order valence-corrected chi connectivity index (χ1v) is 11.8. The van der Waals surface area contributed by atoms with Gasteiger partial charge in [0.15, 0.2) is 11.6 Å². The van der Waals surface area contributed by atoms with Crippen LogP contribution in [0.1, 0.15) is 73.9 Å². The van der Waals surface area contributed by atoms with Gasteiger partial charge in [-0.25, -0.2) is 0 Å². The van der Waals surface area contributed by atoms with E-state index in [1.807, 2.05) is 10.6 Å². The Balaban J connectivity index is 1.54. The summed E-state index contributed by atoms with van der Waals surface area (Å²) in [5.41, 5.74) is 2.22. The van der Waals surface area contributed by atoms with Crippen molar-refractivity contribution in [3.05, 3.63) is 53.0 Å². The molecular weight excluding hydrogens is 440 g/mol. The van der Waals surface area contributed by atoms with Crippen molar-refractivity contribution >= 4 is 34.2 Å². The molecular formula is C24H29ClN6O2. The Morgan fingerprint density at radius 2 is 2.09 bits per heavy atom. The predicted molar refractivity (Wildman–Crippen MR) is 128 cm³/mol. The molecule has 5 rings (SSSR count). The molecule has 0 bridgehead atoms. The monoisotopic (exact) mass is 468 g/mol. The van der Waals surface area contributed by atoms with Crippen LogP contribution in [0.2, 0.25) is 5.02 Å². The van der Waals surface area contributed by atoms with Gasteiger partial charge in [-0.1, -0.05) is 37.4 Å². The first-order valence-electron chi connectivity index (χ1n) is 11.4. The standard InChI is InChI=1S/C24H29ClN6O2/c1-14(2)31-13-26-29-19(31)12-30(4)23(32)18-11-16-10-17(25)21-20(22(16)33-18)24(28-15(3)27-21)8-6-5-7-9-24/h10-11,13-14,27-28H,3,5-9,12H2,1-2,4H3. The van der Waals surface area contributed by atoms with Gasteiger partial charge in [-0.2, -0.15) is 0 Å². The summed E-state index contributed by atoms with van der Waals surface area (Å²) in [6.07, 6.45) is 7.04. The highest BCUT2D eigenvalue weighted by Crippen LogP contribution is 2.49. The number of rotatable bonds is 4. The molecule has 1 aromatic carbocycles. The van der Waals surface area contributed by atoms with Gasteiger partial charge < -0.3 is 24.5 Å². The molecule has 1 spiro atoms. The zero-order valence-electron chi connectivity index (χ0n) is 19.2. The second-order valence-electron chi connectivity index (χ2n) is 9.42. The third-order valence-electron chi connectivity index (χ3n) is 6.75. The summed E-state index contributed by atoms with van der Waals surface area (Å²) in [7, 11) is 1.74. The lowest BCUT2D eigenvalue weighted by atomic mass is 9.74. The van der Waals surface area contributed by atoms with Gasteiger partial charge in [-0.3, -0.25) is 4.79 Å². The van der Waals surface area contributed by atoms with E-state index in [1.54, 1.807) is 24.3 Å². The Labute approximate surface area is 198 Å². The van der Waals surface area contributed by atoms with E-state index < -0.39 is 0 Å². The van der Waals surface area contributed by atoms with Gasteiger partial charge in [0.25, 0.3) is 5.91 Å². The van der Waals surface area contributed by atoms with E-state index in [0.29, 0.717) is 17.2 Å². The number of amides is 1. The van der Waals surface area contributed by atoms with Crippen LogP contribution < -0.4 is 10.6 Å². The van der Waals surface area contributed by atoms with Gasteiger partial charge in [0.05, 0.1) is 28.6 Å². The molecule has 0 unspecified atom stereocenters. The Bertz CT molecular complexity index is 1240. The minimum Gasteiger partial charge on any atom is -0.450 e. The number of benzene rings is 1. The number of halogens is 1. The minimum absolute atomic E-state index is 0.208. The second kappa shape index (κ2) is 8.09. The lowest BCUT2D eigenvalue weighted by molar-refractivity contribution is 0.0750. The van der Waals surface area contributed by atoms with Crippen LogP contribution in [0.5, 0.6) is 0 Å². The SMILES string of the molecule is C=C1Nc2c(Cl)cc3cc(C(=O)N(C)Cc4nncn4C(C)C)oc3c2C2(CCCCC2)N1. The van der Waals surface area contributed by atoms with Crippen LogP contribution in [-0.2, 0) is 12.1 Å². The highest BCUT2D eigenvalue weighted by Gasteiger charge is 2.42. The molecule has 3 aromatic rings. The number of nitrogens with zero attached hydrogens (tertiary/aromatic N) is 4. The maximum Gasteiger partial charge on any atom is 0.289 e. The molecule has 3 heterocycles. The maximum atomic E-state index is 13.3. The lowest BCUT2D eigenvalue weighted by Crippen LogP contribution is -2.48. The van der Waals surface area contributed by atoms with Crippen molar-refractivity contribution in [1.29, 1.82) is 0 Å². The molecule has 0 saturated heterocycles. The minimum atomic E-state index is -0.295. The van der Waals surface area contributed by atoms with E-state index in [1.165, 1.54) is 6.42 Å². The summed E-state index contributed by atoms with van der Waals surface area (Å²) < 4.78 is 8.22. The van der Waals surface area contributed by atoms with Crippen LogP contribution >= 0.6 is 11.6 Å². The number of nitrogens with one attached hydrogen (secondary N) is 2. The molecule has 1 saturated carbocycles. The summed E-state index contributed by atoms with van der Waals surface area (Å²) in [5, 5.41) is 16.5. The largest absolute Gasteiger partial charge is 0.450 e. The smallest absolute Gasteiger partial charge is 0.289 e. The van der Waals surface area contributed by atoms with E-state index >= 15 is 0 Å². The maximum absolute atomic E-state index is 13.3. The van der Waals surface area contributed by atoms with Crippen molar-refractivity contribution in [3.63, 3.8) is 0 Å². The molecule has 2 N–H and O–H groups in total. The van der Waals surface area contributed by atoms with Crippen molar-refractivity contribution in [3.8, 4) is 0 Å². The number of fused-ring (bicyclic) bond motifs is 4. The van der Waals surface area contributed by atoms with Gasteiger partial charge in [0.1, 0.15) is 11.9 Å². The molecule has 174 valence electrons. The van der Waals surface area contributed by atoms with Gasteiger partial charge >= 0.3 is 0 Å². The highest BCUT2D eigenvalue weighted by atomic mass is 35.5. The summed E-state index contributed by atoms with van der Waals surface area (Å²) in [6.45, 7) is 8.55. The molecule has 9 heteroatoms. The van der Waals surface area contributed by atoms with Crippen LogP contribution in [-0.4, -0.2) is 32.6 Å². The van der Waals surface area contributed by atoms with E-state index in [0.717, 1.165) is 54.0 Å². The Kier molecular flexibility index (Phi) is 5.35. The first-order chi connectivity index (χ1) is 15.8. The fraction of sp³-hybridized carbons (Fsp3) is 0.458. The number of hydrogen-bond donors (Lipinski definition) is 2. The highest BCUT2D eigenvalue weighted by molar-refractivity contribution is 6.34. The third kappa shape index (κ3) is 3.66. The first kappa shape index (κ1) is 21.8. The molecule has 1 aliphatic heterocycles. The summed E-state index contributed by atoms with van der Waals surface area (Å²) in [6, 6.07) is 3.85.